The molecule has 0 aromatic carbocycles. The fourth-order valence-corrected chi connectivity index (χ4v) is 3.02. The number of methoxy groups -OCH3 is 1. The first-order chi connectivity index (χ1) is 9.57. The molecule has 1 aromatic heterocycles. The van der Waals surface area contributed by atoms with Gasteiger partial charge < -0.3 is 10.1 Å². The summed E-state index contributed by atoms with van der Waals surface area (Å²) in [5.41, 5.74) is 3.36. The van der Waals surface area contributed by atoms with E-state index < -0.39 is 0 Å². The van der Waals surface area contributed by atoms with E-state index in [1.807, 2.05) is 0 Å². The second kappa shape index (κ2) is 6.19. The van der Waals surface area contributed by atoms with Crippen molar-refractivity contribution in [3.8, 4) is 0 Å². The number of nitrogens with zero attached hydrogens (tertiary/aromatic N) is 2. The Kier molecular flexibility index (Phi) is 4.76. The zero-order valence-electron chi connectivity index (χ0n) is 13.4. The Balaban J connectivity index is 2.57. The van der Waals surface area contributed by atoms with Gasteiger partial charge in [-0.15, -0.1) is 0 Å². The van der Waals surface area contributed by atoms with Crippen molar-refractivity contribution in [1.29, 1.82) is 0 Å². The van der Waals surface area contributed by atoms with Crippen LogP contribution < -0.4 is 5.32 Å². The molecule has 0 bridgehead atoms. The van der Waals surface area contributed by atoms with Gasteiger partial charge in [0, 0.05) is 13.7 Å². The van der Waals surface area contributed by atoms with E-state index in [1.54, 1.807) is 7.11 Å². The predicted molar refractivity (Wildman–Crippen MR) is 80.8 cm³/mol. The SMILES string of the molecule is CCC(CC)(OC)c1nc2c(c(C(C)C)n1)CCNC2. The summed E-state index contributed by atoms with van der Waals surface area (Å²) in [7, 11) is 1.77. The lowest BCUT2D eigenvalue weighted by Crippen LogP contribution is -2.33. The first-order valence-corrected chi connectivity index (χ1v) is 7.74. The highest BCUT2D eigenvalue weighted by atomic mass is 16.5. The fraction of sp³-hybridized carbons (Fsp3) is 0.750. The highest BCUT2D eigenvalue weighted by Gasteiger charge is 2.33. The second-order valence-electron chi connectivity index (χ2n) is 5.84. The van der Waals surface area contributed by atoms with Crippen LogP contribution in [0.15, 0.2) is 0 Å². The average molecular weight is 277 g/mol. The van der Waals surface area contributed by atoms with E-state index in [9.17, 15) is 0 Å². The maximum atomic E-state index is 5.80. The molecule has 4 nitrogen and oxygen atoms in total. The van der Waals surface area contributed by atoms with Crippen molar-refractivity contribution >= 4 is 0 Å². The molecule has 0 aliphatic carbocycles. The number of aromatic nitrogens is 2. The smallest absolute Gasteiger partial charge is 0.160 e. The Labute approximate surface area is 122 Å². The van der Waals surface area contributed by atoms with E-state index in [0.29, 0.717) is 5.92 Å². The Bertz CT molecular complexity index is 459. The average Bonchev–Trinajstić information content (AvgIpc) is 2.48. The summed E-state index contributed by atoms with van der Waals surface area (Å²) in [6.07, 6.45) is 2.81. The minimum atomic E-state index is -0.351. The first-order valence-electron chi connectivity index (χ1n) is 7.74. The third-order valence-electron chi connectivity index (χ3n) is 4.46. The van der Waals surface area contributed by atoms with Crippen molar-refractivity contribution in [3.05, 3.63) is 22.8 Å². The van der Waals surface area contributed by atoms with Gasteiger partial charge in [0.1, 0.15) is 5.60 Å². The third kappa shape index (κ3) is 2.59. The minimum absolute atomic E-state index is 0.351. The van der Waals surface area contributed by atoms with Crippen LogP contribution >= 0.6 is 0 Å². The van der Waals surface area contributed by atoms with Crippen LogP contribution in [-0.4, -0.2) is 23.6 Å². The van der Waals surface area contributed by atoms with Crippen LogP contribution in [0.4, 0.5) is 0 Å². The van der Waals surface area contributed by atoms with E-state index in [4.69, 9.17) is 14.7 Å². The maximum absolute atomic E-state index is 5.80. The van der Waals surface area contributed by atoms with E-state index >= 15 is 0 Å². The van der Waals surface area contributed by atoms with E-state index in [-0.39, 0.29) is 5.60 Å². The zero-order valence-corrected chi connectivity index (χ0v) is 13.4. The van der Waals surface area contributed by atoms with E-state index in [2.05, 4.69) is 33.0 Å². The number of hydrogen-bond donors (Lipinski definition) is 1. The summed E-state index contributed by atoms with van der Waals surface area (Å²) in [6, 6.07) is 0. The predicted octanol–water partition coefficient (Wildman–Crippen LogP) is 2.91. The van der Waals surface area contributed by atoms with Crippen molar-refractivity contribution in [3.63, 3.8) is 0 Å². The van der Waals surface area contributed by atoms with Gasteiger partial charge in [-0.25, -0.2) is 9.97 Å². The van der Waals surface area contributed by atoms with Gasteiger partial charge in [0.05, 0.1) is 11.4 Å². The molecule has 2 heterocycles. The highest BCUT2D eigenvalue weighted by Crippen LogP contribution is 2.32. The molecule has 1 aromatic rings. The molecule has 0 fully saturated rings. The molecule has 4 heteroatoms. The van der Waals surface area contributed by atoms with Gasteiger partial charge in [0.2, 0.25) is 0 Å². The van der Waals surface area contributed by atoms with Crippen LogP contribution in [0, 0.1) is 0 Å². The molecule has 0 atom stereocenters. The first kappa shape index (κ1) is 15.4. The molecule has 2 rings (SSSR count). The molecule has 1 aliphatic rings. The third-order valence-corrected chi connectivity index (χ3v) is 4.46. The monoisotopic (exact) mass is 277 g/mol. The van der Waals surface area contributed by atoms with Gasteiger partial charge in [0.15, 0.2) is 5.82 Å². The lowest BCUT2D eigenvalue weighted by atomic mass is 9.92. The molecule has 0 radical (unpaired) electrons. The molecular weight excluding hydrogens is 250 g/mol. The Morgan fingerprint density at radius 3 is 2.50 bits per heavy atom. The van der Waals surface area contributed by atoms with Crippen molar-refractivity contribution in [2.45, 2.75) is 65.0 Å². The van der Waals surface area contributed by atoms with Crippen LogP contribution in [0.3, 0.4) is 0 Å². The number of nitrogens with one attached hydrogen (secondary N) is 1. The molecular formula is C16H27N3O. The van der Waals surface area contributed by atoms with Crippen molar-refractivity contribution < 1.29 is 4.74 Å². The molecule has 1 N–H and O–H groups in total. The van der Waals surface area contributed by atoms with E-state index in [1.165, 1.54) is 11.3 Å². The van der Waals surface area contributed by atoms with Crippen molar-refractivity contribution in [1.82, 2.24) is 15.3 Å². The van der Waals surface area contributed by atoms with Crippen LogP contribution in [-0.2, 0) is 23.3 Å². The number of fused-ring (bicyclic) bond motifs is 1. The molecule has 0 saturated carbocycles. The summed E-state index contributed by atoms with van der Waals surface area (Å²) in [4.78, 5) is 9.75. The second-order valence-corrected chi connectivity index (χ2v) is 5.84. The fourth-order valence-electron chi connectivity index (χ4n) is 3.02. The normalized spacial score (nSPS) is 15.5. The molecule has 1 aliphatic heterocycles. The largest absolute Gasteiger partial charge is 0.370 e. The van der Waals surface area contributed by atoms with E-state index in [0.717, 1.165) is 43.9 Å². The van der Waals surface area contributed by atoms with Gasteiger partial charge >= 0.3 is 0 Å². The van der Waals surface area contributed by atoms with Gasteiger partial charge in [-0.1, -0.05) is 27.7 Å². The topological polar surface area (TPSA) is 47.0 Å². The van der Waals surface area contributed by atoms with Crippen molar-refractivity contribution in [2.75, 3.05) is 13.7 Å². The number of ether oxygens (including phenoxy) is 1. The molecule has 0 unspecified atom stereocenters. The Morgan fingerprint density at radius 1 is 1.25 bits per heavy atom. The number of rotatable bonds is 5. The summed E-state index contributed by atoms with van der Waals surface area (Å²) in [5, 5.41) is 3.41. The Hall–Kier alpha value is -1.00. The van der Waals surface area contributed by atoms with Gasteiger partial charge in [-0.3, -0.25) is 0 Å². The molecule has 0 saturated heterocycles. The lowest BCUT2D eigenvalue weighted by Gasteiger charge is -2.31. The molecule has 112 valence electrons. The molecule has 20 heavy (non-hydrogen) atoms. The summed E-state index contributed by atoms with van der Waals surface area (Å²) < 4.78 is 5.80. The zero-order chi connectivity index (χ0) is 14.8. The molecule has 0 spiro atoms. The summed E-state index contributed by atoms with van der Waals surface area (Å²) in [6.45, 7) is 10.6. The van der Waals surface area contributed by atoms with Gasteiger partial charge in [-0.05, 0) is 37.3 Å². The van der Waals surface area contributed by atoms with Crippen LogP contribution in [0.1, 0.15) is 69.2 Å². The maximum Gasteiger partial charge on any atom is 0.160 e. The standard InChI is InChI=1S/C16H27N3O/c1-6-16(7-2,20-5)15-18-13-10-17-9-8-12(13)14(19-15)11(3)4/h11,17H,6-10H2,1-5H3. The van der Waals surface area contributed by atoms with Gasteiger partial charge in [0.25, 0.3) is 0 Å². The van der Waals surface area contributed by atoms with Crippen LogP contribution in [0.5, 0.6) is 0 Å². The summed E-state index contributed by atoms with van der Waals surface area (Å²) in [5.74, 6) is 1.28. The lowest BCUT2D eigenvalue weighted by molar-refractivity contribution is -0.0296. The van der Waals surface area contributed by atoms with Crippen LogP contribution in [0.25, 0.3) is 0 Å². The highest BCUT2D eigenvalue weighted by molar-refractivity contribution is 5.31. The quantitative estimate of drug-likeness (QED) is 0.899. The minimum Gasteiger partial charge on any atom is -0.370 e. The van der Waals surface area contributed by atoms with Crippen molar-refractivity contribution in [2.24, 2.45) is 0 Å². The Morgan fingerprint density at radius 2 is 1.95 bits per heavy atom. The van der Waals surface area contributed by atoms with Crippen LogP contribution in [0.2, 0.25) is 0 Å². The number of hydrogen-bond acceptors (Lipinski definition) is 4. The van der Waals surface area contributed by atoms with Gasteiger partial charge in [-0.2, -0.15) is 0 Å². The molecule has 0 amide bonds. The summed E-state index contributed by atoms with van der Waals surface area (Å²) >= 11 is 0.